The number of carbonyl (C=O) groups is 1. The van der Waals surface area contributed by atoms with Crippen molar-refractivity contribution in [3.05, 3.63) is 29.3 Å². The summed E-state index contributed by atoms with van der Waals surface area (Å²) in [4.78, 5) is 18.8. The number of hydrogen-bond donors (Lipinski definition) is 0. The summed E-state index contributed by atoms with van der Waals surface area (Å²) in [6.45, 7) is 0.520. The molecule has 4 rings (SSSR count). The molecule has 26 heavy (non-hydrogen) atoms. The van der Waals surface area contributed by atoms with Gasteiger partial charge in [-0.1, -0.05) is 36.7 Å². The van der Waals surface area contributed by atoms with Crippen LogP contribution >= 0.6 is 23.1 Å². The zero-order valence-corrected chi connectivity index (χ0v) is 16.2. The van der Waals surface area contributed by atoms with E-state index in [1.54, 1.807) is 16.2 Å². The number of fused-ring (bicyclic) bond motifs is 1. The molecule has 0 bridgehead atoms. The summed E-state index contributed by atoms with van der Waals surface area (Å²) in [5.41, 5.74) is 0.985. The number of nitrogens with zero attached hydrogens (tertiary/aromatic N) is 6. The number of benzene rings is 1. The molecule has 3 aromatic rings. The third-order valence-corrected chi connectivity index (χ3v) is 6.53. The summed E-state index contributed by atoms with van der Waals surface area (Å²) < 4.78 is 3.03. The van der Waals surface area contributed by atoms with Gasteiger partial charge in [0.25, 0.3) is 0 Å². The van der Waals surface area contributed by atoms with E-state index >= 15 is 0 Å². The Morgan fingerprint density at radius 2 is 2.15 bits per heavy atom. The van der Waals surface area contributed by atoms with Crippen molar-refractivity contribution < 1.29 is 4.79 Å². The normalized spacial score (nSPS) is 15.0. The molecule has 1 fully saturated rings. The second-order valence-electron chi connectivity index (χ2n) is 6.46. The lowest BCUT2D eigenvalue weighted by molar-refractivity contribution is -0.127. The first-order valence-electron chi connectivity index (χ1n) is 8.70. The lowest BCUT2D eigenvalue weighted by atomic mass is 10.3. The monoisotopic (exact) mass is 388 g/mol. The Morgan fingerprint density at radius 1 is 1.35 bits per heavy atom. The van der Waals surface area contributed by atoms with Crippen LogP contribution in [0.3, 0.4) is 0 Å². The average Bonchev–Trinajstić information content (AvgIpc) is 3.37. The Balaban J connectivity index is 1.35. The molecule has 0 aliphatic heterocycles. The van der Waals surface area contributed by atoms with Crippen LogP contribution in [-0.4, -0.2) is 48.8 Å². The lowest BCUT2D eigenvalue weighted by Gasteiger charge is -2.15. The molecule has 0 atom stereocenters. The molecule has 136 valence electrons. The number of para-hydroxylation sites is 1. The van der Waals surface area contributed by atoms with Gasteiger partial charge in [-0.2, -0.15) is 0 Å². The fourth-order valence-corrected chi connectivity index (χ4v) is 5.08. The fourth-order valence-electron chi connectivity index (χ4n) is 3.17. The van der Waals surface area contributed by atoms with Crippen LogP contribution in [0.2, 0.25) is 0 Å². The largest absolute Gasteiger partial charge is 0.338 e. The van der Waals surface area contributed by atoms with Gasteiger partial charge >= 0.3 is 0 Å². The van der Waals surface area contributed by atoms with Gasteiger partial charge in [0, 0.05) is 7.05 Å². The molecule has 1 aromatic carbocycles. The summed E-state index contributed by atoms with van der Waals surface area (Å²) in [5, 5.41) is 13.7. The topological polar surface area (TPSA) is 76.8 Å². The van der Waals surface area contributed by atoms with Crippen molar-refractivity contribution in [3.8, 4) is 0 Å². The molecule has 0 radical (unpaired) electrons. The van der Waals surface area contributed by atoms with Crippen molar-refractivity contribution in [2.45, 2.75) is 43.4 Å². The molecule has 2 heterocycles. The Hall–Kier alpha value is -2.00. The van der Waals surface area contributed by atoms with Crippen molar-refractivity contribution in [2.24, 2.45) is 0 Å². The van der Waals surface area contributed by atoms with Crippen molar-refractivity contribution in [1.82, 2.24) is 30.1 Å². The summed E-state index contributed by atoms with van der Waals surface area (Å²) >= 11 is 3.04. The van der Waals surface area contributed by atoms with Gasteiger partial charge in [-0.25, -0.2) is 9.67 Å². The highest BCUT2D eigenvalue weighted by Crippen LogP contribution is 2.31. The van der Waals surface area contributed by atoms with E-state index in [4.69, 9.17) is 0 Å². The highest BCUT2D eigenvalue weighted by atomic mass is 32.2. The molecular weight excluding hydrogens is 368 g/mol. The van der Waals surface area contributed by atoms with Gasteiger partial charge in [-0.05, 0) is 35.4 Å². The van der Waals surface area contributed by atoms with E-state index in [0.29, 0.717) is 18.3 Å². The molecule has 0 unspecified atom stereocenters. The van der Waals surface area contributed by atoms with Gasteiger partial charge in [-0.3, -0.25) is 4.79 Å². The van der Waals surface area contributed by atoms with Gasteiger partial charge in [0.1, 0.15) is 5.01 Å². The predicted octanol–water partition coefficient (Wildman–Crippen LogP) is 3.15. The van der Waals surface area contributed by atoms with Crippen LogP contribution in [0.5, 0.6) is 0 Å². The first-order chi connectivity index (χ1) is 12.7. The van der Waals surface area contributed by atoms with Gasteiger partial charge < -0.3 is 4.90 Å². The third kappa shape index (κ3) is 3.73. The number of thioether (sulfide) groups is 1. The van der Waals surface area contributed by atoms with Crippen LogP contribution in [0, 0.1) is 0 Å². The molecule has 1 aliphatic carbocycles. The maximum Gasteiger partial charge on any atom is 0.233 e. The lowest BCUT2D eigenvalue weighted by Crippen LogP contribution is -2.28. The average molecular weight is 389 g/mol. The van der Waals surface area contributed by atoms with Gasteiger partial charge in [0.2, 0.25) is 11.1 Å². The molecule has 0 N–H and O–H groups in total. The Kier molecular flexibility index (Phi) is 5.16. The SMILES string of the molecule is CN(Cc1nc2ccccc2s1)C(=O)CSc1nnnn1C1CCCC1. The molecule has 1 amide bonds. The second-order valence-corrected chi connectivity index (χ2v) is 8.52. The number of tetrazole rings is 1. The maximum absolute atomic E-state index is 12.5. The third-order valence-electron chi connectivity index (χ3n) is 4.59. The summed E-state index contributed by atoms with van der Waals surface area (Å²) in [6.07, 6.45) is 4.67. The van der Waals surface area contributed by atoms with Crippen LogP contribution in [0.15, 0.2) is 29.4 Å². The van der Waals surface area contributed by atoms with E-state index in [0.717, 1.165) is 33.2 Å². The first kappa shape index (κ1) is 17.4. The standard InChI is InChI=1S/C17H20N6OS2/c1-22(10-15-18-13-8-4-5-9-14(13)26-15)16(24)11-25-17-19-20-21-23(17)12-6-2-3-7-12/h4-5,8-9,12H,2-3,6-7,10-11H2,1H3. The van der Waals surface area contributed by atoms with Gasteiger partial charge in [0.05, 0.1) is 28.6 Å². The van der Waals surface area contributed by atoms with E-state index in [1.165, 1.54) is 24.6 Å². The van der Waals surface area contributed by atoms with E-state index in [1.807, 2.05) is 29.9 Å². The summed E-state index contributed by atoms with van der Waals surface area (Å²) in [7, 11) is 1.81. The van der Waals surface area contributed by atoms with Crippen LogP contribution in [0.4, 0.5) is 0 Å². The second kappa shape index (κ2) is 7.71. The fraction of sp³-hybridized carbons (Fsp3) is 0.471. The summed E-state index contributed by atoms with van der Waals surface area (Å²) in [5.74, 6) is 0.379. The number of rotatable bonds is 6. The molecule has 9 heteroatoms. The Bertz CT molecular complexity index is 868. The molecule has 0 saturated heterocycles. The number of carbonyl (C=O) groups excluding carboxylic acids is 1. The highest BCUT2D eigenvalue weighted by molar-refractivity contribution is 7.99. The first-order valence-corrected chi connectivity index (χ1v) is 10.5. The van der Waals surface area contributed by atoms with Crippen molar-refractivity contribution in [1.29, 1.82) is 0 Å². The molecule has 7 nitrogen and oxygen atoms in total. The van der Waals surface area contributed by atoms with Crippen LogP contribution in [-0.2, 0) is 11.3 Å². The summed E-state index contributed by atoms with van der Waals surface area (Å²) in [6, 6.07) is 8.41. The van der Waals surface area contributed by atoms with Gasteiger partial charge in [0.15, 0.2) is 0 Å². The minimum Gasteiger partial charge on any atom is -0.338 e. The van der Waals surface area contributed by atoms with E-state index in [9.17, 15) is 4.79 Å². The quantitative estimate of drug-likeness (QED) is 0.604. The maximum atomic E-state index is 12.5. The molecule has 1 aliphatic rings. The smallest absolute Gasteiger partial charge is 0.233 e. The minimum absolute atomic E-state index is 0.0511. The molecule has 0 spiro atoms. The number of amides is 1. The molecular formula is C17H20N6OS2. The number of thiazole rings is 1. The predicted molar refractivity (Wildman–Crippen MR) is 102 cm³/mol. The molecule has 2 aromatic heterocycles. The highest BCUT2D eigenvalue weighted by Gasteiger charge is 2.22. The van der Waals surface area contributed by atoms with Crippen molar-refractivity contribution in [3.63, 3.8) is 0 Å². The Morgan fingerprint density at radius 3 is 2.96 bits per heavy atom. The number of aromatic nitrogens is 5. The van der Waals surface area contributed by atoms with Gasteiger partial charge in [-0.15, -0.1) is 16.4 Å². The van der Waals surface area contributed by atoms with Crippen molar-refractivity contribution >= 4 is 39.2 Å². The number of hydrogen-bond acceptors (Lipinski definition) is 7. The van der Waals surface area contributed by atoms with Crippen molar-refractivity contribution in [2.75, 3.05) is 12.8 Å². The van der Waals surface area contributed by atoms with E-state index < -0.39 is 0 Å². The van der Waals surface area contributed by atoms with Crippen LogP contribution in [0.1, 0.15) is 36.7 Å². The van der Waals surface area contributed by atoms with E-state index in [-0.39, 0.29) is 5.91 Å². The minimum atomic E-state index is 0.0511. The van der Waals surface area contributed by atoms with Crippen LogP contribution < -0.4 is 0 Å². The Labute approximate surface area is 159 Å². The van der Waals surface area contributed by atoms with E-state index in [2.05, 4.69) is 26.6 Å². The zero-order valence-electron chi connectivity index (χ0n) is 14.5. The molecule has 1 saturated carbocycles. The van der Waals surface area contributed by atoms with Crippen LogP contribution in [0.25, 0.3) is 10.2 Å². The zero-order chi connectivity index (χ0) is 17.9.